The molecule has 0 bridgehead atoms. The summed E-state index contributed by atoms with van der Waals surface area (Å²) in [5.74, 6) is 1.62. The number of carbonyl (C=O) groups is 3. The summed E-state index contributed by atoms with van der Waals surface area (Å²) in [6.45, 7) is 0. The fourth-order valence-corrected chi connectivity index (χ4v) is 9.82. The molecule has 7 heteroatoms. The van der Waals surface area contributed by atoms with Gasteiger partial charge in [-0.25, -0.2) is 4.39 Å². The van der Waals surface area contributed by atoms with E-state index < -0.39 is 5.82 Å². The molecule has 4 fully saturated rings. The van der Waals surface area contributed by atoms with Gasteiger partial charge < -0.3 is 5.32 Å². The maximum absolute atomic E-state index is 14.3. The number of Topliss-reactive ketones (excluding diaryl/α,β-unsaturated/α-hetero) is 2. The first-order valence-electron chi connectivity index (χ1n) is 15.3. The highest BCUT2D eigenvalue weighted by Crippen LogP contribution is 2.81. The molecule has 1 spiro atoms. The van der Waals surface area contributed by atoms with Gasteiger partial charge in [0.15, 0.2) is 11.6 Å². The number of thioether (sulfide) groups is 1. The number of aryl methyl sites for hydroxylation is 1. The molecule has 3 unspecified atom stereocenters. The molecule has 7 rings (SSSR count). The molecule has 1 saturated heterocycles. The van der Waals surface area contributed by atoms with Crippen LogP contribution in [0.3, 0.4) is 0 Å². The summed E-state index contributed by atoms with van der Waals surface area (Å²) >= 11 is 1.92. The van der Waals surface area contributed by atoms with Gasteiger partial charge in [-0.05, 0) is 104 Å². The van der Waals surface area contributed by atoms with Gasteiger partial charge >= 0.3 is 0 Å². The number of carbonyl (C=O) groups excluding carboxylic acids is 3. The van der Waals surface area contributed by atoms with Crippen molar-refractivity contribution >= 4 is 35.3 Å². The largest absolute Gasteiger partial charge is 0.353 e. The van der Waals surface area contributed by atoms with Crippen LogP contribution in [0.1, 0.15) is 73.0 Å². The molecule has 2 heterocycles. The number of hydrogen-bond acceptors (Lipinski definition) is 5. The monoisotopic (exact) mass is 572 g/mol. The van der Waals surface area contributed by atoms with Crippen molar-refractivity contribution in [2.24, 2.45) is 35.0 Å². The number of fused-ring (bicyclic) bond motifs is 7. The number of pyridine rings is 1. The minimum Gasteiger partial charge on any atom is -0.353 e. The molecule has 1 aliphatic heterocycles. The number of amides is 1. The van der Waals surface area contributed by atoms with Crippen molar-refractivity contribution in [2.45, 2.75) is 63.8 Å². The normalized spacial score (nSPS) is 32.5. The van der Waals surface area contributed by atoms with Gasteiger partial charge in [0.25, 0.3) is 0 Å². The molecule has 4 aliphatic carbocycles. The molecule has 1 aromatic heterocycles. The number of allylic oxidation sites excluding steroid dienone is 1. The summed E-state index contributed by atoms with van der Waals surface area (Å²) in [5.41, 5.74) is 2.85. The quantitative estimate of drug-likeness (QED) is 0.455. The molecule has 5 nitrogen and oxygen atoms in total. The number of halogens is 1. The van der Waals surface area contributed by atoms with Gasteiger partial charge in [-0.2, -0.15) is 11.8 Å². The summed E-state index contributed by atoms with van der Waals surface area (Å²) in [6.07, 6.45) is 10.8. The Bertz CT molecular complexity index is 1390. The van der Waals surface area contributed by atoms with Crippen LogP contribution < -0.4 is 5.32 Å². The van der Waals surface area contributed by atoms with E-state index in [1.165, 1.54) is 11.6 Å². The topological polar surface area (TPSA) is 76.1 Å². The molecule has 3 saturated carbocycles. The Labute approximate surface area is 245 Å². The van der Waals surface area contributed by atoms with Gasteiger partial charge in [0, 0.05) is 35.4 Å². The summed E-state index contributed by atoms with van der Waals surface area (Å²) in [5, 5.41) is 3.26. The van der Waals surface area contributed by atoms with E-state index in [1.807, 2.05) is 36.0 Å². The third kappa shape index (κ3) is 4.78. The van der Waals surface area contributed by atoms with E-state index in [-0.39, 0.29) is 58.5 Å². The Kier molecular flexibility index (Phi) is 7.12. The number of nitrogens with zero attached hydrogens (tertiary/aromatic N) is 1. The Hall–Kier alpha value is -2.80. The average molecular weight is 573 g/mol. The average Bonchev–Trinajstić information content (AvgIpc) is 3.51. The molecule has 1 amide bonds. The van der Waals surface area contributed by atoms with Crippen molar-refractivity contribution in [3.05, 3.63) is 70.8 Å². The third-order valence-corrected chi connectivity index (χ3v) is 11.8. The van der Waals surface area contributed by atoms with Crippen molar-refractivity contribution in [2.75, 3.05) is 11.5 Å². The lowest BCUT2D eigenvalue weighted by Gasteiger charge is -2.37. The van der Waals surface area contributed by atoms with Crippen molar-refractivity contribution in [1.29, 1.82) is 0 Å². The zero-order chi connectivity index (χ0) is 28.1. The van der Waals surface area contributed by atoms with Gasteiger partial charge in [-0.3, -0.25) is 19.4 Å². The van der Waals surface area contributed by atoms with Crippen LogP contribution in [0, 0.1) is 40.8 Å². The fraction of sp³-hybridized carbons (Fsp3) is 0.529. The van der Waals surface area contributed by atoms with Gasteiger partial charge in [0.05, 0.1) is 11.9 Å². The number of ketones is 2. The lowest BCUT2D eigenvalue weighted by Crippen LogP contribution is -2.44. The molecule has 41 heavy (non-hydrogen) atoms. The van der Waals surface area contributed by atoms with Crippen LogP contribution in [-0.2, 0) is 16.0 Å². The summed E-state index contributed by atoms with van der Waals surface area (Å²) < 4.78 is 14.3. The first-order chi connectivity index (χ1) is 20.0. The SMILES string of the molecule is O=C(CCCc1ccccc1)NC1CCC2(CC1)C1C3C(=O)c4cc(F)cnc4C=C(C4CCSCC4)C(=O)[C@@H]3C12. The van der Waals surface area contributed by atoms with E-state index >= 15 is 0 Å². The predicted octanol–water partition coefficient (Wildman–Crippen LogP) is 6.07. The Morgan fingerprint density at radius 3 is 2.44 bits per heavy atom. The molecule has 2 aromatic rings. The number of rotatable bonds is 6. The molecular formula is C34H37FN2O3S. The maximum atomic E-state index is 14.3. The highest BCUT2D eigenvalue weighted by molar-refractivity contribution is 7.99. The third-order valence-electron chi connectivity index (χ3n) is 10.8. The second-order valence-corrected chi connectivity index (χ2v) is 14.0. The Balaban J connectivity index is 1.04. The molecular weight excluding hydrogens is 535 g/mol. The fourth-order valence-electron chi connectivity index (χ4n) is 8.72. The summed E-state index contributed by atoms with van der Waals surface area (Å²) in [4.78, 5) is 45.0. The molecule has 5 aliphatic rings. The second-order valence-electron chi connectivity index (χ2n) is 12.8. The lowest BCUT2D eigenvalue weighted by molar-refractivity contribution is -0.124. The first kappa shape index (κ1) is 27.1. The van der Waals surface area contributed by atoms with Crippen LogP contribution in [0.15, 0.2) is 48.2 Å². The van der Waals surface area contributed by atoms with Crippen LogP contribution in [0.25, 0.3) is 6.08 Å². The zero-order valence-electron chi connectivity index (χ0n) is 23.3. The van der Waals surface area contributed by atoms with Crippen LogP contribution in [-0.4, -0.2) is 40.0 Å². The van der Waals surface area contributed by atoms with Crippen LogP contribution in [0.5, 0.6) is 0 Å². The van der Waals surface area contributed by atoms with E-state index in [9.17, 15) is 18.8 Å². The van der Waals surface area contributed by atoms with Crippen LogP contribution in [0.4, 0.5) is 4.39 Å². The standard InChI is InChI=1S/C34H37FN2O3S/c35-22-17-25-26(36-19-22)18-24(21-11-15-41-16-12-21)32(39)28-29(33(25)40)31-30(28)34(31)13-9-23(10-14-34)37-27(38)8-4-7-20-5-2-1-3-6-20/h1-3,5-6,17-19,21,23,28-31H,4,7-16H2,(H,37,38)/t23?,28-,29?,30?,31?,34?/m0/s1. The number of hydrogen-bond donors (Lipinski definition) is 1. The Morgan fingerprint density at radius 2 is 1.71 bits per heavy atom. The lowest BCUT2D eigenvalue weighted by atomic mass is 9.64. The van der Waals surface area contributed by atoms with Gasteiger partial charge in [0.1, 0.15) is 5.82 Å². The van der Waals surface area contributed by atoms with E-state index in [0.717, 1.165) is 74.6 Å². The maximum Gasteiger partial charge on any atom is 0.220 e. The van der Waals surface area contributed by atoms with Gasteiger partial charge in [-0.15, -0.1) is 0 Å². The van der Waals surface area contributed by atoms with E-state index in [4.69, 9.17) is 0 Å². The first-order valence-corrected chi connectivity index (χ1v) is 16.5. The van der Waals surface area contributed by atoms with Gasteiger partial charge in [-0.1, -0.05) is 30.3 Å². The van der Waals surface area contributed by atoms with Crippen molar-refractivity contribution in [1.82, 2.24) is 10.3 Å². The Morgan fingerprint density at radius 1 is 1.00 bits per heavy atom. The van der Waals surface area contributed by atoms with Crippen molar-refractivity contribution in [3.63, 3.8) is 0 Å². The molecule has 1 N–H and O–H groups in total. The zero-order valence-corrected chi connectivity index (χ0v) is 24.1. The number of aromatic nitrogens is 1. The molecule has 0 radical (unpaired) electrons. The van der Waals surface area contributed by atoms with E-state index in [2.05, 4.69) is 22.4 Å². The van der Waals surface area contributed by atoms with E-state index in [0.29, 0.717) is 17.7 Å². The minimum absolute atomic E-state index is 0.00598. The highest BCUT2D eigenvalue weighted by atomic mass is 32.2. The van der Waals surface area contributed by atoms with Crippen LogP contribution in [0.2, 0.25) is 0 Å². The van der Waals surface area contributed by atoms with Crippen LogP contribution >= 0.6 is 11.8 Å². The predicted molar refractivity (Wildman–Crippen MR) is 158 cm³/mol. The van der Waals surface area contributed by atoms with Gasteiger partial charge in [0.2, 0.25) is 5.91 Å². The minimum atomic E-state index is -0.508. The summed E-state index contributed by atoms with van der Waals surface area (Å²) in [6, 6.07) is 11.7. The molecule has 1 aromatic carbocycles. The van der Waals surface area contributed by atoms with E-state index in [1.54, 1.807) is 0 Å². The van der Waals surface area contributed by atoms with Crippen molar-refractivity contribution < 1.29 is 18.8 Å². The molecule has 214 valence electrons. The number of benzene rings is 1. The highest BCUT2D eigenvalue weighted by Gasteiger charge is 2.81. The smallest absolute Gasteiger partial charge is 0.220 e. The second kappa shape index (κ2) is 10.8. The summed E-state index contributed by atoms with van der Waals surface area (Å²) in [7, 11) is 0. The molecule has 4 atom stereocenters. The van der Waals surface area contributed by atoms with Crippen molar-refractivity contribution in [3.8, 4) is 0 Å². The number of nitrogens with one attached hydrogen (secondary N) is 1.